The zero-order valence-electron chi connectivity index (χ0n) is 14.3. The second-order valence-electron chi connectivity index (χ2n) is 6.18. The summed E-state index contributed by atoms with van der Waals surface area (Å²) < 4.78 is 40.4. The molecule has 1 amide bonds. The van der Waals surface area contributed by atoms with Gasteiger partial charge in [-0.2, -0.15) is 13.2 Å². The van der Waals surface area contributed by atoms with Crippen molar-refractivity contribution in [3.05, 3.63) is 71.4 Å². The van der Waals surface area contributed by atoms with E-state index in [0.29, 0.717) is 13.0 Å². The summed E-state index contributed by atoms with van der Waals surface area (Å²) in [5, 5.41) is 3.85. The Morgan fingerprint density at radius 3 is 2.62 bits per heavy atom. The molecule has 0 saturated carbocycles. The molecular formula is C20H19F3N2O. The van der Waals surface area contributed by atoms with Crippen molar-refractivity contribution in [1.29, 1.82) is 0 Å². The Bertz CT molecular complexity index is 928. The lowest BCUT2D eigenvalue weighted by Crippen LogP contribution is -2.25. The van der Waals surface area contributed by atoms with Crippen LogP contribution in [0.2, 0.25) is 0 Å². The minimum Gasteiger partial charge on any atom is -0.352 e. The molecule has 3 aromatic rings. The third-order valence-electron chi connectivity index (χ3n) is 4.31. The van der Waals surface area contributed by atoms with Gasteiger partial charge in [0.15, 0.2) is 0 Å². The van der Waals surface area contributed by atoms with Gasteiger partial charge < -0.3 is 9.88 Å². The number of alkyl halides is 3. The van der Waals surface area contributed by atoms with Gasteiger partial charge in [0.2, 0.25) is 0 Å². The van der Waals surface area contributed by atoms with Crippen LogP contribution in [0.3, 0.4) is 0 Å². The van der Waals surface area contributed by atoms with Crippen LogP contribution >= 0.6 is 0 Å². The molecule has 26 heavy (non-hydrogen) atoms. The molecule has 2 aromatic carbocycles. The van der Waals surface area contributed by atoms with E-state index in [1.54, 1.807) is 0 Å². The predicted molar refractivity (Wildman–Crippen MR) is 95.1 cm³/mol. The number of rotatable bonds is 5. The number of fused-ring (bicyclic) bond motifs is 1. The van der Waals surface area contributed by atoms with Gasteiger partial charge in [0.25, 0.3) is 5.91 Å². The van der Waals surface area contributed by atoms with E-state index in [2.05, 4.69) is 16.0 Å². The van der Waals surface area contributed by atoms with Gasteiger partial charge in [-0.05, 0) is 49.1 Å². The number of carbonyl (C=O) groups excluding carboxylic acids is 1. The first-order valence-corrected chi connectivity index (χ1v) is 8.36. The normalized spacial score (nSPS) is 11.7. The number of carbonyl (C=O) groups is 1. The van der Waals surface area contributed by atoms with Crippen LogP contribution in [0.1, 0.15) is 28.0 Å². The molecule has 0 atom stereocenters. The first kappa shape index (κ1) is 18.0. The summed E-state index contributed by atoms with van der Waals surface area (Å²) in [7, 11) is 0. The molecule has 3 rings (SSSR count). The van der Waals surface area contributed by atoms with Crippen molar-refractivity contribution < 1.29 is 18.0 Å². The number of nitrogens with zero attached hydrogens (tertiary/aromatic N) is 1. The van der Waals surface area contributed by atoms with E-state index in [1.807, 2.05) is 31.2 Å². The molecular weight excluding hydrogens is 341 g/mol. The summed E-state index contributed by atoms with van der Waals surface area (Å²) in [5.41, 5.74) is 1.46. The highest BCUT2D eigenvalue weighted by molar-refractivity contribution is 5.94. The van der Waals surface area contributed by atoms with Crippen LogP contribution in [0.5, 0.6) is 0 Å². The summed E-state index contributed by atoms with van der Waals surface area (Å²) in [6.07, 6.45) is -3.77. The van der Waals surface area contributed by atoms with Gasteiger partial charge in [-0.25, -0.2) is 0 Å². The lowest BCUT2D eigenvalue weighted by Gasteiger charge is -2.11. The first-order valence-electron chi connectivity index (χ1n) is 8.36. The van der Waals surface area contributed by atoms with Crippen molar-refractivity contribution in [3.8, 4) is 0 Å². The van der Waals surface area contributed by atoms with Gasteiger partial charge in [0.1, 0.15) is 0 Å². The third kappa shape index (κ3) is 3.90. The maximum atomic E-state index is 12.7. The predicted octanol–water partition coefficient (Wildman–Crippen LogP) is 4.79. The van der Waals surface area contributed by atoms with Gasteiger partial charge in [-0.1, -0.05) is 24.3 Å². The Morgan fingerprint density at radius 2 is 1.85 bits per heavy atom. The van der Waals surface area contributed by atoms with Crippen molar-refractivity contribution in [1.82, 2.24) is 9.88 Å². The number of aryl methyl sites for hydroxylation is 2. The Morgan fingerprint density at radius 1 is 1.08 bits per heavy atom. The molecule has 6 heteroatoms. The van der Waals surface area contributed by atoms with E-state index in [9.17, 15) is 18.0 Å². The maximum Gasteiger partial charge on any atom is 0.416 e. The van der Waals surface area contributed by atoms with E-state index in [4.69, 9.17) is 0 Å². The third-order valence-corrected chi connectivity index (χ3v) is 4.31. The average Bonchev–Trinajstić information content (AvgIpc) is 2.93. The SMILES string of the molecule is Cc1cc2ccccc2n1CCCNC(=O)c1cccc(C(F)(F)F)c1. The van der Waals surface area contributed by atoms with Crippen LogP contribution in [0, 0.1) is 6.92 Å². The average molecular weight is 360 g/mol. The summed E-state index contributed by atoms with van der Waals surface area (Å²) in [6, 6.07) is 14.6. The van der Waals surface area contributed by atoms with Gasteiger partial charge in [-0.3, -0.25) is 4.79 Å². The second-order valence-corrected chi connectivity index (χ2v) is 6.18. The molecule has 0 aliphatic heterocycles. The van der Waals surface area contributed by atoms with Crippen molar-refractivity contribution in [2.45, 2.75) is 26.1 Å². The molecule has 1 aromatic heterocycles. The van der Waals surface area contributed by atoms with Crippen molar-refractivity contribution in [2.75, 3.05) is 6.54 Å². The topological polar surface area (TPSA) is 34.0 Å². The van der Waals surface area contributed by atoms with E-state index in [-0.39, 0.29) is 5.56 Å². The maximum absolute atomic E-state index is 12.7. The largest absolute Gasteiger partial charge is 0.416 e. The fourth-order valence-corrected chi connectivity index (χ4v) is 3.02. The number of para-hydroxylation sites is 1. The van der Waals surface area contributed by atoms with Crippen LogP contribution in [0.15, 0.2) is 54.6 Å². The monoisotopic (exact) mass is 360 g/mol. The summed E-state index contributed by atoms with van der Waals surface area (Å²) in [6.45, 7) is 3.14. The minimum absolute atomic E-state index is 0.0161. The second kappa shape index (κ2) is 7.23. The zero-order chi connectivity index (χ0) is 18.7. The molecule has 1 N–H and O–H groups in total. The Balaban J connectivity index is 1.58. The lowest BCUT2D eigenvalue weighted by molar-refractivity contribution is -0.137. The minimum atomic E-state index is -4.46. The van der Waals surface area contributed by atoms with Crippen LogP contribution in [0.25, 0.3) is 10.9 Å². The fraction of sp³-hybridized carbons (Fsp3) is 0.250. The highest BCUT2D eigenvalue weighted by Gasteiger charge is 2.30. The summed E-state index contributed by atoms with van der Waals surface area (Å²) in [4.78, 5) is 12.1. The van der Waals surface area contributed by atoms with Gasteiger partial charge in [0, 0.05) is 29.9 Å². The Hall–Kier alpha value is -2.76. The van der Waals surface area contributed by atoms with E-state index >= 15 is 0 Å². The van der Waals surface area contributed by atoms with Gasteiger partial charge in [-0.15, -0.1) is 0 Å². The Kier molecular flexibility index (Phi) is 5.02. The number of hydrogen-bond donors (Lipinski definition) is 1. The van der Waals surface area contributed by atoms with E-state index in [0.717, 1.165) is 35.3 Å². The van der Waals surface area contributed by atoms with Crippen molar-refractivity contribution in [2.24, 2.45) is 0 Å². The number of amides is 1. The molecule has 0 bridgehead atoms. The van der Waals surface area contributed by atoms with Crippen molar-refractivity contribution in [3.63, 3.8) is 0 Å². The van der Waals surface area contributed by atoms with Crippen LogP contribution in [-0.2, 0) is 12.7 Å². The zero-order valence-corrected chi connectivity index (χ0v) is 14.3. The van der Waals surface area contributed by atoms with Crippen LogP contribution < -0.4 is 5.32 Å². The van der Waals surface area contributed by atoms with Crippen LogP contribution in [-0.4, -0.2) is 17.0 Å². The Labute approximate surface area is 149 Å². The highest BCUT2D eigenvalue weighted by atomic mass is 19.4. The molecule has 3 nitrogen and oxygen atoms in total. The molecule has 0 aliphatic rings. The molecule has 0 aliphatic carbocycles. The standard InChI is InChI=1S/C20H19F3N2O/c1-14-12-15-6-2-3-9-18(15)25(14)11-5-10-24-19(26)16-7-4-8-17(13-16)20(21,22)23/h2-4,6-9,12-13H,5,10-11H2,1H3,(H,24,26). The molecule has 136 valence electrons. The molecule has 1 heterocycles. The molecule has 0 unspecified atom stereocenters. The number of benzene rings is 2. The molecule has 0 spiro atoms. The smallest absolute Gasteiger partial charge is 0.352 e. The number of halogens is 3. The summed E-state index contributed by atoms with van der Waals surface area (Å²) >= 11 is 0. The summed E-state index contributed by atoms with van der Waals surface area (Å²) in [5.74, 6) is -0.495. The number of nitrogens with one attached hydrogen (secondary N) is 1. The molecule has 0 saturated heterocycles. The van der Waals surface area contributed by atoms with Crippen LogP contribution in [0.4, 0.5) is 13.2 Å². The van der Waals surface area contributed by atoms with Gasteiger partial charge >= 0.3 is 6.18 Å². The first-order chi connectivity index (χ1) is 12.4. The van der Waals surface area contributed by atoms with Gasteiger partial charge in [0.05, 0.1) is 5.56 Å². The highest BCUT2D eigenvalue weighted by Crippen LogP contribution is 2.29. The van der Waals surface area contributed by atoms with E-state index in [1.165, 1.54) is 12.1 Å². The number of aromatic nitrogens is 1. The molecule has 0 radical (unpaired) electrons. The lowest BCUT2D eigenvalue weighted by atomic mass is 10.1. The quantitative estimate of drug-likeness (QED) is 0.652. The number of hydrogen-bond acceptors (Lipinski definition) is 1. The van der Waals surface area contributed by atoms with E-state index < -0.39 is 17.6 Å². The molecule has 0 fully saturated rings. The fourth-order valence-electron chi connectivity index (χ4n) is 3.02. The van der Waals surface area contributed by atoms with Crippen molar-refractivity contribution >= 4 is 16.8 Å².